The van der Waals surface area contributed by atoms with Crippen LogP contribution >= 0.6 is 0 Å². The van der Waals surface area contributed by atoms with Crippen molar-refractivity contribution in [1.29, 1.82) is 0 Å². The fourth-order valence-electron chi connectivity index (χ4n) is 10.6. The molecule has 0 aliphatic heterocycles. The average Bonchev–Trinajstić information content (AvgIpc) is 0.825. The van der Waals surface area contributed by atoms with E-state index in [1.165, 1.54) is 97.0 Å². The van der Waals surface area contributed by atoms with Crippen LogP contribution in [0.2, 0.25) is 0 Å². The number of carbonyl (C=O) groups is 17. The van der Waals surface area contributed by atoms with Gasteiger partial charge in [-0.1, -0.05) is 71.7 Å². The Bertz CT molecular complexity index is 3640. The molecule has 0 aliphatic carbocycles. The van der Waals surface area contributed by atoms with Crippen molar-refractivity contribution in [3.05, 3.63) is 59.7 Å². The van der Waals surface area contributed by atoms with E-state index in [1.54, 1.807) is 20.8 Å². The summed E-state index contributed by atoms with van der Waals surface area (Å²) in [5.74, 6) is -21.3. The molecule has 0 radical (unpaired) electrons. The molecule has 0 unspecified atom stereocenters. The predicted molar refractivity (Wildman–Crippen MR) is 397 cm³/mol. The van der Waals surface area contributed by atoms with Gasteiger partial charge in [0.15, 0.2) is 0 Å². The highest BCUT2D eigenvalue weighted by Gasteiger charge is 2.43. The van der Waals surface area contributed by atoms with Gasteiger partial charge in [0, 0.05) is 26.2 Å². The molecule has 112 heavy (non-hydrogen) atoms. The number of hydrogen-bond acceptors (Lipinski definition) is 23. The molecule has 14 amide bonds. The molecule has 14 atom stereocenters. The lowest BCUT2D eigenvalue weighted by molar-refractivity contribution is -0.143. The van der Waals surface area contributed by atoms with Gasteiger partial charge in [0.2, 0.25) is 82.7 Å². The first-order valence-electron chi connectivity index (χ1n) is 36.3. The number of nitrogens with two attached hydrogens (primary N) is 1. The van der Waals surface area contributed by atoms with Crippen LogP contribution in [0.15, 0.2) is 48.5 Å². The summed E-state index contributed by atoms with van der Waals surface area (Å²) in [6.07, 6.45) is -3.73. The van der Waals surface area contributed by atoms with Crippen molar-refractivity contribution in [3.63, 3.8) is 0 Å². The molecule has 2 aromatic carbocycles. The second-order valence-corrected chi connectivity index (χ2v) is 28.4. The number of carboxylic acid groups (broad SMARTS) is 3. The van der Waals surface area contributed by atoms with Gasteiger partial charge >= 0.3 is 17.9 Å². The number of nitrogens with one attached hydrogen (secondary N) is 14. The lowest BCUT2D eigenvalue weighted by Crippen LogP contribution is -2.65. The number of aliphatic carboxylic acids is 3. The van der Waals surface area contributed by atoms with E-state index in [9.17, 15) is 122 Å². The Balaban J connectivity index is 2.35. The minimum Gasteiger partial charge on any atom is -0.508 e. The zero-order valence-corrected chi connectivity index (χ0v) is 64.8. The molecule has 2 rings (SSSR count). The number of aromatic hydroxyl groups is 2. The minimum absolute atomic E-state index is 0.0305. The summed E-state index contributed by atoms with van der Waals surface area (Å²) >= 11 is 0. The maximum Gasteiger partial charge on any atom is 0.326 e. The Kier molecular flexibility index (Phi) is 39.7. The lowest BCUT2D eigenvalue weighted by atomic mass is 9.93. The Morgan fingerprint density at radius 1 is 0.438 bits per heavy atom. The number of aliphatic hydroxyl groups excluding tert-OH is 3. The topological polar surface area (TPSA) is 646 Å². The number of benzene rings is 2. The standard InChI is InChI=1S/C72H111N15O25/c1-13-36(4)54(84-69(112)72(12,15-3)87-65(107)56(38(6)90)82-51(94)33-74-57(99)44(27-28-52(95)96)80-67(110)70(8,9)85-62(104)47(75-39(7)91)31-41-21-25-43(93)26-22-41)63(105)79-49(34-88)60(102)77-48(32-53(97)98)59(101)76-46(30-40-19-23-42(92)24-20-40)58(100)78-50(35-89)61(103)83-55(37(5)14-2)64(106)86-71(10,11)68(111)81-45(66(108)109)18-16-17-29-73/h19-26,36-38,44-50,54-56,88-90,92-93H,13-18,27-35,73H2,1-12H3,(H,74,99)(H,75,91)(H,76,101)(H,77,102)(H,78,100)(H,79,105)(H,80,110)(H,81,111)(H,82,94)(H,83,103)(H,84,112)(H,85,104)(H,86,106)(H,87,107)(H,95,96)(H,97,98)(H,108,109)/t36-,37-,38+,44-,45-,46-,47-,48-,49-,50-,54-,55-,56-,72-/m0/s1. The van der Waals surface area contributed by atoms with Gasteiger partial charge in [0.05, 0.1) is 32.3 Å². The normalized spacial score (nSPS) is 15.4. The third-order valence-corrected chi connectivity index (χ3v) is 18.2. The number of rotatable bonds is 49. The zero-order chi connectivity index (χ0) is 85.3. The minimum atomic E-state index is -2.13. The molecule has 0 fully saturated rings. The third kappa shape index (κ3) is 32.1. The van der Waals surface area contributed by atoms with E-state index in [2.05, 4.69) is 74.4 Å². The van der Waals surface area contributed by atoms with Crippen LogP contribution in [-0.2, 0) is 94.3 Å². The molecule has 2 aromatic rings. The second-order valence-electron chi connectivity index (χ2n) is 28.4. The van der Waals surface area contributed by atoms with Crippen LogP contribution in [0, 0.1) is 11.8 Å². The predicted octanol–water partition coefficient (Wildman–Crippen LogP) is -5.05. The molecular weight excluding hydrogens is 1470 g/mol. The monoisotopic (exact) mass is 1590 g/mol. The zero-order valence-electron chi connectivity index (χ0n) is 64.8. The molecule has 0 aliphatic rings. The maximum atomic E-state index is 14.3. The number of phenolic OH excluding ortho intramolecular Hbond substituents is 2. The van der Waals surface area contributed by atoms with Crippen molar-refractivity contribution in [3.8, 4) is 11.5 Å². The van der Waals surface area contributed by atoms with Gasteiger partial charge in [0.25, 0.3) is 0 Å². The van der Waals surface area contributed by atoms with Crippen LogP contribution in [0.5, 0.6) is 11.5 Å². The highest BCUT2D eigenvalue weighted by atomic mass is 16.4. The molecule has 0 bridgehead atoms. The summed E-state index contributed by atoms with van der Waals surface area (Å²) in [5.41, 5.74) is 0.668. The SMILES string of the molecule is CC[C@H](C)[C@H](NC(=O)[C@H](CO)NC(=O)[C@H](Cc1ccc(O)cc1)NC(=O)[C@H](CC(=O)O)NC(=O)[C@H](CO)NC(=O)[C@@H](NC(=O)[C@](C)(CC)NC(=O)[C@@H](NC(=O)CNC(=O)[C@H](CCC(=O)O)NC(=O)C(C)(C)NC(=O)[C@H](Cc1ccc(O)cc1)NC(C)=O)[C@@H](C)O)[C@@H](C)CC)C(=O)NC(C)(C)C(=O)N[C@@H](CCCCN)C(=O)O. The number of amides is 14. The van der Waals surface area contributed by atoms with Crippen LogP contribution in [0.3, 0.4) is 0 Å². The van der Waals surface area contributed by atoms with Gasteiger partial charge in [-0.05, 0) is 127 Å². The fourth-order valence-corrected chi connectivity index (χ4v) is 10.6. The van der Waals surface area contributed by atoms with Crippen molar-refractivity contribution >= 4 is 101 Å². The van der Waals surface area contributed by atoms with Gasteiger partial charge in [0.1, 0.15) is 88.5 Å². The van der Waals surface area contributed by atoms with Crippen LogP contribution in [0.1, 0.15) is 152 Å². The van der Waals surface area contributed by atoms with Crippen LogP contribution < -0.4 is 80.2 Å². The molecule has 24 N–H and O–H groups in total. The van der Waals surface area contributed by atoms with E-state index in [4.69, 9.17) is 5.73 Å². The van der Waals surface area contributed by atoms with Crippen LogP contribution in [0.25, 0.3) is 0 Å². The lowest BCUT2D eigenvalue weighted by Gasteiger charge is -2.34. The highest BCUT2D eigenvalue weighted by molar-refractivity contribution is 6.02. The van der Waals surface area contributed by atoms with E-state index in [-0.39, 0.29) is 55.7 Å². The Hall–Kier alpha value is -11.1. The number of aliphatic hydroxyl groups is 3. The first-order chi connectivity index (χ1) is 52.2. The van der Waals surface area contributed by atoms with Gasteiger partial charge in [-0.2, -0.15) is 0 Å². The molecule has 0 saturated carbocycles. The van der Waals surface area contributed by atoms with E-state index in [0.29, 0.717) is 18.4 Å². The smallest absolute Gasteiger partial charge is 0.326 e. The average molecular weight is 1590 g/mol. The third-order valence-electron chi connectivity index (χ3n) is 18.2. The quantitative estimate of drug-likeness (QED) is 0.0276. The second kappa shape index (κ2) is 45.9. The van der Waals surface area contributed by atoms with E-state index < -0.39 is 241 Å². The van der Waals surface area contributed by atoms with E-state index >= 15 is 0 Å². The summed E-state index contributed by atoms with van der Waals surface area (Å²) in [6, 6.07) is -6.24. The summed E-state index contributed by atoms with van der Waals surface area (Å²) in [5, 5.41) is 114. The molecular formula is C72H111N15O25. The van der Waals surface area contributed by atoms with Crippen molar-refractivity contribution in [1.82, 2.24) is 74.4 Å². The van der Waals surface area contributed by atoms with Gasteiger partial charge in [-0.15, -0.1) is 0 Å². The molecule has 0 aromatic heterocycles. The summed E-state index contributed by atoms with van der Waals surface area (Å²) in [6.45, 7) is 13.2. The fraction of sp³-hybridized carbons (Fsp3) is 0.597. The van der Waals surface area contributed by atoms with E-state index in [1.807, 2.05) is 0 Å². The van der Waals surface area contributed by atoms with Crippen LogP contribution in [-0.4, -0.2) is 251 Å². The van der Waals surface area contributed by atoms with E-state index in [0.717, 1.165) is 13.8 Å². The van der Waals surface area contributed by atoms with Gasteiger partial charge in [-0.25, -0.2) is 4.79 Å². The van der Waals surface area contributed by atoms with Crippen molar-refractivity contribution in [2.75, 3.05) is 26.3 Å². The summed E-state index contributed by atoms with van der Waals surface area (Å²) < 4.78 is 0. The highest BCUT2D eigenvalue weighted by Crippen LogP contribution is 2.19. The number of hydrogen-bond donors (Lipinski definition) is 23. The molecule has 0 heterocycles. The van der Waals surface area contributed by atoms with Gasteiger partial charge < -0.3 is 121 Å². The largest absolute Gasteiger partial charge is 0.508 e. The Morgan fingerprint density at radius 2 is 0.866 bits per heavy atom. The maximum absolute atomic E-state index is 14.3. The molecule has 40 nitrogen and oxygen atoms in total. The Morgan fingerprint density at radius 3 is 1.31 bits per heavy atom. The van der Waals surface area contributed by atoms with Crippen LogP contribution in [0.4, 0.5) is 0 Å². The number of phenols is 2. The molecule has 0 spiro atoms. The summed E-state index contributed by atoms with van der Waals surface area (Å²) in [7, 11) is 0. The number of carbonyl (C=O) groups excluding carboxylic acids is 14. The first kappa shape index (κ1) is 96.9. The molecule has 624 valence electrons. The summed E-state index contributed by atoms with van der Waals surface area (Å²) in [4.78, 5) is 228. The molecule has 0 saturated heterocycles. The Labute approximate surface area is 647 Å². The van der Waals surface area contributed by atoms with Gasteiger partial charge in [-0.3, -0.25) is 76.7 Å². The van der Waals surface area contributed by atoms with Crippen molar-refractivity contribution in [2.45, 2.75) is 237 Å². The number of carboxylic acids is 3. The molecule has 40 heteroatoms. The first-order valence-corrected chi connectivity index (χ1v) is 36.3. The van der Waals surface area contributed by atoms with Crippen molar-refractivity contribution in [2.24, 2.45) is 17.6 Å². The number of unbranched alkanes of at least 4 members (excludes halogenated alkanes) is 1. The van der Waals surface area contributed by atoms with Crippen molar-refractivity contribution < 1.29 is 122 Å².